The van der Waals surface area contributed by atoms with Gasteiger partial charge in [0.25, 0.3) is 0 Å². The molecule has 0 spiro atoms. The molecule has 5 nitrogen and oxygen atoms in total. The summed E-state index contributed by atoms with van der Waals surface area (Å²) in [6, 6.07) is 5.97. The maximum absolute atomic E-state index is 12.7. The molecule has 26 heavy (non-hydrogen) atoms. The number of benzene rings is 1. The molecule has 0 aliphatic carbocycles. The molecular weight excluding hydrogens is 328 g/mol. The number of hydrogen-bond donors (Lipinski definition) is 1. The third-order valence-corrected chi connectivity index (χ3v) is 5.22. The van der Waals surface area contributed by atoms with Crippen LogP contribution in [0.25, 0.3) is 0 Å². The van der Waals surface area contributed by atoms with Crippen molar-refractivity contribution in [2.45, 2.75) is 52.0 Å². The van der Waals surface area contributed by atoms with Gasteiger partial charge in [-0.3, -0.25) is 9.69 Å². The Kier molecular flexibility index (Phi) is 6.78. The lowest BCUT2D eigenvalue weighted by Gasteiger charge is -2.28. The summed E-state index contributed by atoms with van der Waals surface area (Å²) < 4.78 is 11.3. The minimum absolute atomic E-state index is 0.0203. The summed E-state index contributed by atoms with van der Waals surface area (Å²) in [5.41, 5.74) is 1.07. The van der Waals surface area contributed by atoms with Crippen molar-refractivity contribution < 1.29 is 14.3 Å². The Labute approximate surface area is 157 Å². The van der Waals surface area contributed by atoms with Crippen LogP contribution >= 0.6 is 0 Å². The molecule has 0 saturated carbocycles. The van der Waals surface area contributed by atoms with E-state index in [9.17, 15) is 4.79 Å². The number of nitrogens with zero attached hydrogens (tertiary/aromatic N) is 1. The van der Waals surface area contributed by atoms with Crippen molar-refractivity contribution in [3.05, 3.63) is 23.8 Å². The highest BCUT2D eigenvalue weighted by atomic mass is 16.6. The van der Waals surface area contributed by atoms with Gasteiger partial charge >= 0.3 is 0 Å². The highest BCUT2D eigenvalue weighted by Gasteiger charge is 2.22. The largest absolute Gasteiger partial charge is 0.486 e. The van der Waals surface area contributed by atoms with Crippen molar-refractivity contribution >= 4 is 5.91 Å². The van der Waals surface area contributed by atoms with Gasteiger partial charge in [-0.2, -0.15) is 0 Å². The number of ether oxygens (including phenoxy) is 2. The zero-order chi connectivity index (χ0) is 18.4. The first-order valence-corrected chi connectivity index (χ1v) is 10.0. The number of rotatable bonds is 5. The molecule has 2 aliphatic rings. The highest BCUT2D eigenvalue weighted by molar-refractivity contribution is 5.78. The molecule has 2 aliphatic heterocycles. The van der Waals surface area contributed by atoms with Gasteiger partial charge in [-0.15, -0.1) is 0 Å². The fourth-order valence-corrected chi connectivity index (χ4v) is 3.78. The first kappa shape index (κ1) is 19.0. The number of amides is 1. The van der Waals surface area contributed by atoms with Crippen molar-refractivity contribution in [1.82, 2.24) is 10.2 Å². The van der Waals surface area contributed by atoms with Crippen molar-refractivity contribution in [2.75, 3.05) is 32.8 Å². The molecule has 3 rings (SSSR count). The van der Waals surface area contributed by atoms with Crippen molar-refractivity contribution in [3.63, 3.8) is 0 Å². The molecule has 1 N–H and O–H groups in total. The van der Waals surface area contributed by atoms with E-state index in [0.717, 1.165) is 30.2 Å². The predicted molar refractivity (Wildman–Crippen MR) is 103 cm³/mol. The average Bonchev–Trinajstić information content (AvgIpc) is 2.61. The van der Waals surface area contributed by atoms with Gasteiger partial charge in [0.15, 0.2) is 11.5 Å². The molecule has 1 aromatic rings. The Balaban J connectivity index is 1.63. The van der Waals surface area contributed by atoms with E-state index in [4.69, 9.17) is 9.47 Å². The van der Waals surface area contributed by atoms with Crippen LogP contribution in [0.4, 0.5) is 0 Å². The van der Waals surface area contributed by atoms with E-state index in [1.165, 1.54) is 32.1 Å². The molecule has 0 radical (unpaired) electrons. The van der Waals surface area contributed by atoms with Crippen molar-refractivity contribution in [3.8, 4) is 11.5 Å². The van der Waals surface area contributed by atoms with Crippen LogP contribution in [-0.2, 0) is 4.79 Å². The van der Waals surface area contributed by atoms with Gasteiger partial charge in [0.2, 0.25) is 5.91 Å². The highest BCUT2D eigenvalue weighted by Crippen LogP contribution is 2.34. The molecule has 2 heterocycles. The van der Waals surface area contributed by atoms with Gasteiger partial charge in [-0.25, -0.2) is 0 Å². The molecule has 1 atom stereocenters. The Morgan fingerprint density at radius 2 is 1.69 bits per heavy atom. The number of carbonyl (C=O) groups is 1. The van der Waals surface area contributed by atoms with E-state index in [1.807, 2.05) is 18.2 Å². The molecule has 1 amide bonds. The van der Waals surface area contributed by atoms with Crippen LogP contribution < -0.4 is 14.8 Å². The number of fused-ring (bicyclic) bond motifs is 1. The lowest BCUT2D eigenvalue weighted by molar-refractivity contribution is -0.123. The quantitative estimate of drug-likeness (QED) is 0.873. The lowest BCUT2D eigenvalue weighted by atomic mass is 9.95. The summed E-state index contributed by atoms with van der Waals surface area (Å²) >= 11 is 0. The molecule has 1 saturated heterocycles. The van der Waals surface area contributed by atoms with Crippen molar-refractivity contribution in [2.24, 2.45) is 5.92 Å². The molecule has 0 aromatic heterocycles. The summed E-state index contributed by atoms with van der Waals surface area (Å²) in [5.74, 6) is 1.97. The maximum atomic E-state index is 12.7. The molecule has 5 heteroatoms. The summed E-state index contributed by atoms with van der Waals surface area (Å²) in [7, 11) is 0. The molecular formula is C21H32N2O3. The molecule has 0 bridgehead atoms. The summed E-state index contributed by atoms with van der Waals surface area (Å²) in [6.45, 7) is 7.99. The zero-order valence-electron chi connectivity index (χ0n) is 16.1. The maximum Gasteiger partial charge on any atom is 0.234 e. The number of hydrogen-bond acceptors (Lipinski definition) is 4. The lowest BCUT2D eigenvalue weighted by Crippen LogP contribution is -2.41. The van der Waals surface area contributed by atoms with Gasteiger partial charge in [0, 0.05) is 0 Å². The minimum atomic E-state index is -0.0203. The number of carbonyl (C=O) groups excluding carboxylic acids is 1. The van der Waals surface area contributed by atoms with Gasteiger partial charge in [-0.1, -0.05) is 39.2 Å². The normalized spacial score (nSPS) is 19.5. The zero-order valence-corrected chi connectivity index (χ0v) is 16.1. The van der Waals surface area contributed by atoms with E-state index in [1.54, 1.807) is 0 Å². The Morgan fingerprint density at radius 1 is 1.04 bits per heavy atom. The summed E-state index contributed by atoms with van der Waals surface area (Å²) in [5, 5.41) is 3.25. The molecule has 144 valence electrons. The third-order valence-electron chi connectivity index (χ3n) is 5.22. The fourth-order valence-electron chi connectivity index (χ4n) is 3.78. The Morgan fingerprint density at radius 3 is 2.38 bits per heavy atom. The Bertz CT molecular complexity index is 595. The van der Waals surface area contributed by atoms with Crippen LogP contribution in [0, 0.1) is 5.92 Å². The molecule has 1 fully saturated rings. The van der Waals surface area contributed by atoms with Crippen LogP contribution in [0.15, 0.2) is 18.2 Å². The van der Waals surface area contributed by atoms with Gasteiger partial charge in [0.1, 0.15) is 13.2 Å². The second kappa shape index (κ2) is 9.26. The van der Waals surface area contributed by atoms with E-state index in [-0.39, 0.29) is 11.9 Å². The second-order valence-electron chi connectivity index (χ2n) is 7.74. The van der Waals surface area contributed by atoms with E-state index in [0.29, 0.717) is 25.7 Å². The third kappa shape index (κ3) is 5.13. The monoisotopic (exact) mass is 360 g/mol. The second-order valence-corrected chi connectivity index (χ2v) is 7.74. The smallest absolute Gasteiger partial charge is 0.234 e. The predicted octanol–water partition coefficient (Wildman–Crippen LogP) is 3.54. The summed E-state index contributed by atoms with van der Waals surface area (Å²) in [4.78, 5) is 15.0. The molecule has 1 aromatic carbocycles. The minimum Gasteiger partial charge on any atom is -0.486 e. The van der Waals surface area contributed by atoms with E-state index >= 15 is 0 Å². The van der Waals surface area contributed by atoms with E-state index < -0.39 is 0 Å². The summed E-state index contributed by atoms with van der Waals surface area (Å²) in [6.07, 6.45) is 6.29. The van der Waals surface area contributed by atoms with Crippen LogP contribution in [-0.4, -0.2) is 43.7 Å². The van der Waals surface area contributed by atoms with E-state index in [2.05, 4.69) is 24.1 Å². The first-order valence-electron chi connectivity index (χ1n) is 10.0. The average molecular weight is 360 g/mol. The molecule has 0 unspecified atom stereocenters. The SMILES string of the molecule is CC(C)[C@@H](NC(=O)CN1CCCCCCC1)c1ccc2c(c1)OCCO2. The van der Waals surface area contributed by atoms with Crippen LogP contribution in [0.2, 0.25) is 0 Å². The number of nitrogens with one attached hydrogen (secondary N) is 1. The fraction of sp³-hybridized carbons (Fsp3) is 0.667. The van der Waals surface area contributed by atoms with Crippen LogP contribution in [0.5, 0.6) is 11.5 Å². The van der Waals surface area contributed by atoms with Gasteiger partial charge in [-0.05, 0) is 49.5 Å². The first-order chi connectivity index (χ1) is 12.6. The van der Waals surface area contributed by atoms with Gasteiger partial charge < -0.3 is 14.8 Å². The van der Waals surface area contributed by atoms with Gasteiger partial charge in [0.05, 0.1) is 12.6 Å². The Hall–Kier alpha value is -1.75. The van der Waals surface area contributed by atoms with Crippen LogP contribution in [0.1, 0.15) is 57.6 Å². The van der Waals surface area contributed by atoms with Crippen molar-refractivity contribution in [1.29, 1.82) is 0 Å². The standard InChI is InChI=1S/C21H32N2O3/c1-16(2)21(17-8-9-18-19(14-17)26-13-12-25-18)22-20(24)15-23-10-6-4-3-5-7-11-23/h8-9,14,16,21H,3-7,10-13,15H2,1-2H3,(H,22,24)/t21-/m1/s1. The van der Waals surface area contributed by atoms with Crippen LogP contribution in [0.3, 0.4) is 0 Å². The number of likely N-dealkylation sites (tertiary alicyclic amines) is 1. The topological polar surface area (TPSA) is 50.8 Å².